The second kappa shape index (κ2) is 9.36. The summed E-state index contributed by atoms with van der Waals surface area (Å²) in [7, 11) is 0. The van der Waals surface area contributed by atoms with E-state index in [0.717, 1.165) is 56.1 Å². The number of aromatic amines is 1. The van der Waals surface area contributed by atoms with Crippen molar-refractivity contribution in [1.29, 1.82) is 0 Å². The van der Waals surface area contributed by atoms with Gasteiger partial charge in [-0.25, -0.2) is 9.37 Å². The lowest BCUT2D eigenvalue weighted by atomic mass is 10.00. The molecule has 0 radical (unpaired) electrons. The van der Waals surface area contributed by atoms with Gasteiger partial charge in [-0.3, -0.25) is 9.69 Å². The number of hydrogen-bond donors (Lipinski definition) is 2. The maximum absolute atomic E-state index is 13.8. The molecule has 1 amide bonds. The van der Waals surface area contributed by atoms with Crippen molar-refractivity contribution < 1.29 is 13.9 Å². The molecular weight excluding hydrogens is 383 g/mol. The predicted molar refractivity (Wildman–Crippen MR) is 115 cm³/mol. The van der Waals surface area contributed by atoms with E-state index in [1.54, 1.807) is 25.1 Å². The predicted octanol–water partition coefficient (Wildman–Crippen LogP) is 3.39. The summed E-state index contributed by atoms with van der Waals surface area (Å²) < 4.78 is 19.2. The topological polar surface area (TPSA) is 70.2 Å². The Hall–Kier alpha value is -2.77. The number of hydrogen-bond acceptors (Lipinski definition) is 4. The summed E-state index contributed by atoms with van der Waals surface area (Å²) in [6.45, 7) is 6.25. The number of amides is 1. The third-order valence-electron chi connectivity index (χ3n) is 5.50. The van der Waals surface area contributed by atoms with Crippen molar-refractivity contribution in [3.05, 3.63) is 59.7 Å². The fourth-order valence-electron chi connectivity index (χ4n) is 3.70. The molecule has 1 saturated heterocycles. The highest BCUT2D eigenvalue weighted by Gasteiger charge is 2.16. The maximum Gasteiger partial charge on any atom is 0.227 e. The molecule has 0 saturated carbocycles. The number of halogens is 1. The van der Waals surface area contributed by atoms with Crippen molar-refractivity contribution in [3.63, 3.8) is 0 Å². The average Bonchev–Trinajstić information content (AvgIpc) is 3.17. The van der Waals surface area contributed by atoms with Crippen LogP contribution in [-0.2, 0) is 22.4 Å². The summed E-state index contributed by atoms with van der Waals surface area (Å²) in [4.78, 5) is 23.0. The number of carbonyl (C=O) groups is 1. The fraction of sp³-hybridized carbons (Fsp3) is 0.391. The Bertz CT molecular complexity index is 1010. The lowest BCUT2D eigenvalue weighted by Crippen LogP contribution is -2.37. The summed E-state index contributed by atoms with van der Waals surface area (Å²) in [5.41, 5.74) is 3.03. The van der Waals surface area contributed by atoms with Crippen LogP contribution in [0, 0.1) is 11.7 Å². The van der Waals surface area contributed by atoms with Crippen molar-refractivity contribution >= 4 is 22.6 Å². The van der Waals surface area contributed by atoms with Gasteiger partial charge in [-0.2, -0.15) is 0 Å². The molecule has 1 unspecified atom stereocenters. The molecule has 1 aliphatic rings. The van der Waals surface area contributed by atoms with E-state index >= 15 is 0 Å². The maximum atomic E-state index is 13.8. The Labute approximate surface area is 175 Å². The minimum atomic E-state index is -0.344. The number of imidazole rings is 1. The molecule has 2 aromatic carbocycles. The third kappa shape index (κ3) is 5.04. The third-order valence-corrected chi connectivity index (χ3v) is 5.50. The van der Waals surface area contributed by atoms with Crippen LogP contribution in [0.5, 0.6) is 0 Å². The standard InChI is InChI=1S/C23H27FN4O2/c1-16(14-17-4-2-3-5-19(17)24)23(29)25-18-6-7-20-21(15-18)27-22(26-20)8-9-28-10-12-30-13-11-28/h2-7,15-16H,8-14H2,1H3,(H,25,29)(H,26,27). The van der Waals surface area contributed by atoms with Gasteiger partial charge in [-0.05, 0) is 36.2 Å². The van der Waals surface area contributed by atoms with Crippen LogP contribution >= 0.6 is 0 Å². The number of fused-ring (bicyclic) bond motifs is 1. The monoisotopic (exact) mass is 410 g/mol. The summed E-state index contributed by atoms with van der Waals surface area (Å²) >= 11 is 0. The van der Waals surface area contributed by atoms with Gasteiger partial charge in [0, 0.05) is 37.7 Å². The zero-order valence-corrected chi connectivity index (χ0v) is 17.2. The molecule has 7 heteroatoms. The van der Waals surface area contributed by atoms with Crippen LogP contribution < -0.4 is 5.32 Å². The highest BCUT2D eigenvalue weighted by molar-refractivity contribution is 5.94. The van der Waals surface area contributed by atoms with E-state index in [2.05, 4.69) is 20.2 Å². The number of ether oxygens (including phenoxy) is 1. The Morgan fingerprint density at radius 2 is 2.07 bits per heavy atom. The van der Waals surface area contributed by atoms with Crippen LogP contribution in [-0.4, -0.2) is 53.6 Å². The number of benzene rings is 2. The van der Waals surface area contributed by atoms with E-state index in [9.17, 15) is 9.18 Å². The molecule has 0 bridgehead atoms. The number of rotatable bonds is 7. The smallest absolute Gasteiger partial charge is 0.227 e. The number of H-pyrrole nitrogens is 1. The molecule has 3 aromatic rings. The second-order valence-electron chi connectivity index (χ2n) is 7.81. The molecule has 1 aliphatic heterocycles. The minimum Gasteiger partial charge on any atom is -0.379 e. The molecule has 30 heavy (non-hydrogen) atoms. The van der Waals surface area contributed by atoms with Gasteiger partial charge in [-0.1, -0.05) is 25.1 Å². The average molecular weight is 410 g/mol. The van der Waals surface area contributed by atoms with Gasteiger partial charge in [0.1, 0.15) is 11.6 Å². The molecule has 2 N–H and O–H groups in total. The zero-order chi connectivity index (χ0) is 20.9. The van der Waals surface area contributed by atoms with Crippen LogP contribution in [0.4, 0.5) is 10.1 Å². The number of aromatic nitrogens is 2. The van der Waals surface area contributed by atoms with E-state index in [1.165, 1.54) is 6.07 Å². The van der Waals surface area contributed by atoms with E-state index in [-0.39, 0.29) is 17.6 Å². The molecule has 6 nitrogen and oxygen atoms in total. The Balaban J connectivity index is 1.36. The van der Waals surface area contributed by atoms with E-state index in [0.29, 0.717) is 17.7 Å². The van der Waals surface area contributed by atoms with Gasteiger partial charge in [0.05, 0.1) is 24.2 Å². The first-order valence-corrected chi connectivity index (χ1v) is 10.4. The van der Waals surface area contributed by atoms with Crippen molar-refractivity contribution in [2.75, 3.05) is 38.2 Å². The zero-order valence-electron chi connectivity index (χ0n) is 17.2. The Morgan fingerprint density at radius 1 is 1.27 bits per heavy atom. The van der Waals surface area contributed by atoms with Crippen molar-refractivity contribution in [2.24, 2.45) is 5.92 Å². The molecule has 4 rings (SSSR count). The van der Waals surface area contributed by atoms with Gasteiger partial charge in [-0.15, -0.1) is 0 Å². The molecular formula is C23H27FN4O2. The van der Waals surface area contributed by atoms with Gasteiger partial charge in [0.25, 0.3) is 0 Å². The summed E-state index contributed by atoms with van der Waals surface area (Å²) in [5, 5.41) is 2.94. The largest absolute Gasteiger partial charge is 0.379 e. The van der Waals surface area contributed by atoms with Crippen molar-refractivity contribution in [2.45, 2.75) is 19.8 Å². The van der Waals surface area contributed by atoms with Gasteiger partial charge < -0.3 is 15.0 Å². The first-order valence-electron chi connectivity index (χ1n) is 10.4. The van der Waals surface area contributed by atoms with Crippen LogP contribution in [0.25, 0.3) is 11.0 Å². The summed E-state index contributed by atoms with van der Waals surface area (Å²) in [6, 6.07) is 12.2. The normalized spacial score (nSPS) is 15.9. The van der Waals surface area contributed by atoms with Gasteiger partial charge in [0.2, 0.25) is 5.91 Å². The van der Waals surface area contributed by atoms with Crippen LogP contribution in [0.2, 0.25) is 0 Å². The van der Waals surface area contributed by atoms with Gasteiger partial charge >= 0.3 is 0 Å². The molecule has 0 aliphatic carbocycles. The SMILES string of the molecule is CC(Cc1ccccc1F)C(=O)Nc1ccc2nc(CCN3CCOCC3)[nH]c2c1. The molecule has 1 aromatic heterocycles. The summed E-state index contributed by atoms with van der Waals surface area (Å²) in [5.74, 6) is 0.182. The summed E-state index contributed by atoms with van der Waals surface area (Å²) in [6.07, 6.45) is 1.20. The molecule has 0 spiro atoms. The number of morpholine rings is 1. The van der Waals surface area contributed by atoms with Crippen molar-refractivity contribution in [3.8, 4) is 0 Å². The molecule has 1 atom stereocenters. The highest BCUT2D eigenvalue weighted by atomic mass is 19.1. The minimum absolute atomic E-state index is 0.135. The first-order chi connectivity index (χ1) is 14.6. The van der Waals surface area contributed by atoms with E-state index < -0.39 is 0 Å². The fourth-order valence-corrected chi connectivity index (χ4v) is 3.70. The lowest BCUT2D eigenvalue weighted by molar-refractivity contribution is -0.119. The van der Waals surface area contributed by atoms with Crippen molar-refractivity contribution in [1.82, 2.24) is 14.9 Å². The quantitative estimate of drug-likeness (QED) is 0.626. The number of anilines is 1. The van der Waals surface area contributed by atoms with Crippen LogP contribution in [0.3, 0.4) is 0 Å². The van der Waals surface area contributed by atoms with E-state index in [4.69, 9.17) is 4.74 Å². The lowest BCUT2D eigenvalue weighted by Gasteiger charge is -2.25. The van der Waals surface area contributed by atoms with Crippen LogP contribution in [0.1, 0.15) is 18.3 Å². The molecule has 1 fully saturated rings. The Morgan fingerprint density at radius 3 is 2.87 bits per heavy atom. The molecule has 158 valence electrons. The number of nitrogens with zero attached hydrogens (tertiary/aromatic N) is 2. The molecule has 2 heterocycles. The van der Waals surface area contributed by atoms with Gasteiger partial charge in [0.15, 0.2) is 0 Å². The first kappa shape index (κ1) is 20.5. The Kier molecular flexibility index (Phi) is 6.40. The van der Waals surface area contributed by atoms with E-state index in [1.807, 2.05) is 18.2 Å². The number of nitrogens with one attached hydrogen (secondary N) is 2. The highest BCUT2D eigenvalue weighted by Crippen LogP contribution is 2.20. The number of carbonyl (C=O) groups excluding carboxylic acids is 1. The van der Waals surface area contributed by atoms with Crippen LogP contribution in [0.15, 0.2) is 42.5 Å². The second-order valence-corrected chi connectivity index (χ2v) is 7.81.